The first-order chi connectivity index (χ1) is 14.9. The fourth-order valence-corrected chi connectivity index (χ4v) is 4.51. The summed E-state index contributed by atoms with van der Waals surface area (Å²) in [6, 6.07) is 20.2. The van der Waals surface area contributed by atoms with Gasteiger partial charge in [0, 0.05) is 26.8 Å². The van der Waals surface area contributed by atoms with Crippen LogP contribution in [0.1, 0.15) is 21.6 Å². The van der Waals surface area contributed by atoms with Crippen molar-refractivity contribution in [3.05, 3.63) is 98.6 Å². The number of pyridine rings is 1. The van der Waals surface area contributed by atoms with Crippen molar-refractivity contribution in [3.8, 4) is 5.75 Å². The molecule has 0 atom stereocenters. The van der Waals surface area contributed by atoms with Crippen LogP contribution in [0.15, 0.2) is 71.6 Å². The second-order valence-electron chi connectivity index (χ2n) is 6.85. The van der Waals surface area contributed by atoms with E-state index in [1.54, 1.807) is 30.0 Å². The molecule has 7 heteroatoms. The van der Waals surface area contributed by atoms with Crippen LogP contribution in [0.4, 0.5) is 0 Å². The Balaban J connectivity index is 1.50. The molecule has 0 bridgehead atoms. The van der Waals surface area contributed by atoms with Crippen molar-refractivity contribution in [1.82, 2.24) is 4.98 Å². The summed E-state index contributed by atoms with van der Waals surface area (Å²) in [5.74, 6) is 0.469. The van der Waals surface area contributed by atoms with E-state index in [1.165, 1.54) is 0 Å². The minimum Gasteiger partial charge on any atom is -0.419 e. The summed E-state index contributed by atoms with van der Waals surface area (Å²) in [4.78, 5) is 18.3. The Morgan fingerprint density at radius 2 is 1.65 bits per heavy atom. The van der Waals surface area contributed by atoms with Gasteiger partial charge in [-0.15, -0.1) is 11.8 Å². The van der Waals surface area contributed by atoms with Crippen LogP contribution in [-0.2, 0) is 5.75 Å². The highest BCUT2D eigenvalue weighted by molar-refractivity contribution is 7.98. The third-order valence-electron chi connectivity index (χ3n) is 4.58. The Morgan fingerprint density at radius 3 is 2.35 bits per heavy atom. The SMILES string of the molecule is Cc1ccc2c(Cl)cc(Cl)c(OC(=O)c3ccc(CSc4ccc(Cl)cc4)cc3)c2n1. The van der Waals surface area contributed by atoms with Gasteiger partial charge in [0.25, 0.3) is 0 Å². The molecular weight excluding hydrogens is 473 g/mol. The molecule has 0 unspecified atom stereocenters. The topological polar surface area (TPSA) is 39.2 Å². The van der Waals surface area contributed by atoms with Crippen LogP contribution >= 0.6 is 46.6 Å². The zero-order valence-electron chi connectivity index (χ0n) is 16.4. The number of hydrogen-bond donors (Lipinski definition) is 0. The largest absolute Gasteiger partial charge is 0.419 e. The third kappa shape index (κ3) is 5.16. The quantitative estimate of drug-likeness (QED) is 0.162. The average molecular weight is 489 g/mol. The van der Waals surface area contributed by atoms with Gasteiger partial charge < -0.3 is 4.74 Å². The lowest BCUT2D eigenvalue weighted by Gasteiger charge is -2.11. The number of nitrogens with zero attached hydrogens (tertiary/aromatic N) is 1. The van der Waals surface area contributed by atoms with E-state index in [-0.39, 0.29) is 10.8 Å². The molecule has 0 N–H and O–H groups in total. The molecule has 0 aliphatic heterocycles. The molecule has 0 radical (unpaired) electrons. The molecular formula is C24H16Cl3NO2S. The summed E-state index contributed by atoms with van der Waals surface area (Å²) in [5.41, 5.74) is 2.74. The molecule has 1 heterocycles. The van der Waals surface area contributed by atoms with Gasteiger partial charge in [-0.25, -0.2) is 9.78 Å². The fraction of sp³-hybridized carbons (Fsp3) is 0.0833. The lowest BCUT2D eigenvalue weighted by molar-refractivity contribution is 0.0737. The van der Waals surface area contributed by atoms with E-state index in [4.69, 9.17) is 39.5 Å². The van der Waals surface area contributed by atoms with E-state index in [9.17, 15) is 4.79 Å². The minimum absolute atomic E-state index is 0.206. The molecule has 3 nitrogen and oxygen atoms in total. The van der Waals surface area contributed by atoms with Crippen molar-refractivity contribution >= 4 is 63.4 Å². The van der Waals surface area contributed by atoms with Crippen LogP contribution in [0.5, 0.6) is 5.75 Å². The molecule has 0 aliphatic carbocycles. The number of aryl methyl sites for hydroxylation is 1. The summed E-state index contributed by atoms with van der Waals surface area (Å²) in [7, 11) is 0. The summed E-state index contributed by atoms with van der Waals surface area (Å²) < 4.78 is 5.63. The van der Waals surface area contributed by atoms with Crippen LogP contribution < -0.4 is 4.74 Å². The van der Waals surface area contributed by atoms with Crippen molar-refractivity contribution in [2.24, 2.45) is 0 Å². The number of benzene rings is 3. The van der Waals surface area contributed by atoms with Crippen LogP contribution in [0, 0.1) is 6.92 Å². The number of carbonyl (C=O) groups is 1. The normalized spacial score (nSPS) is 11.0. The molecule has 1 aromatic heterocycles. The number of hydrogen-bond acceptors (Lipinski definition) is 4. The van der Waals surface area contributed by atoms with Crippen LogP contribution in [-0.4, -0.2) is 11.0 Å². The maximum atomic E-state index is 12.7. The Kier molecular flexibility index (Phi) is 6.73. The first-order valence-corrected chi connectivity index (χ1v) is 11.5. The van der Waals surface area contributed by atoms with E-state index in [1.807, 2.05) is 55.5 Å². The smallest absolute Gasteiger partial charge is 0.343 e. The minimum atomic E-state index is -0.509. The lowest BCUT2D eigenvalue weighted by Crippen LogP contribution is -2.09. The zero-order chi connectivity index (χ0) is 22.0. The highest BCUT2D eigenvalue weighted by Crippen LogP contribution is 2.37. The molecule has 4 aromatic rings. The molecule has 0 saturated carbocycles. The van der Waals surface area contributed by atoms with E-state index in [0.717, 1.165) is 21.9 Å². The monoisotopic (exact) mass is 487 g/mol. The number of aromatic nitrogens is 1. The molecule has 0 aliphatic rings. The van der Waals surface area contributed by atoms with Gasteiger partial charge in [0.1, 0.15) is 5.52 Å². The Bertz CT molecular complexity index is 1260. The predicted octanol–water partition coefficient (Wildman–Crippen LogP) is 8.01. The highest BCUT2D eigenvalue weighted by atomic mass is 35.5. The van der Waals surface area contributed by atoms with Gasteiger partial charge in [-0.1, -0.05) is 46.9 Å². The zero-order valence-corrected chi connectivity index (χ0v) is 19.4. The van der Waals surface area contributed by atoms with Crippen LogP contribution in [0.2, 0.25) is 15.1 Å². The summed E-state index contributed by atoms with van der Waals surface area (Å²) >= 11 is 20.2. The Hall–Kier alpha value is -2.24. The summed E-state index contributed by atoms with van der Waals surface area (Å²) in [5, 5.41) is 2.08. The molecule has 31 heavy (non-hydrogen) atoms. The van der Waals surface area contributed by atoms with Gasteiger partial charge in [-0.05, 0) is 67.1 Å². The lowest BCUT2D eigenvalue weighted by atomic mass is 10.1. The van der Waals surface area contributed by atoms with Gasteiger partial charge in [0.05, 0.1) is 15.6 Å². The Morgan fingerprint density at radius 1 is 0.935 bits per heavy atom. The second-order valence-corrected chi connectivity index (χ2v) is 9.15. The van der Waals surface area contributed by atoms with Crippen molar-refractivity contribution in [2.45, 2.75) is 17.6 Å². The number of rotatable bonds is 5. The van der Waals surface area contributed by atoms with Crippen LogP contribution in [0.3, 0.4) is 0 Å². The first kappa shape index (κ1) is 22.0. The standard InChI is InChI=1S/C24H16Cl3NO2S/c1-14-2-11-19-20(26)12-21(27)23(22(19)28-14)30-24(29)16-5-3-15(4-6-16)13-31-18-9-7-17(25)8-10-18/h2-12H,13H2,1H3. The predicted molar refractivity (Wildman–Crippen MR) is 129 cm³/mol. The third-order valence-corrected chi connectivity index (χ3v) is 6.51. The van der Waals surface area contributed by atoms with E-state index < -0.39 is 5.97 Å². The number of fused-ring (bicyclic) bond motifs is 1. The maximum absolute atomic E-state index is 12.7. The van der Waals surface area contributed by atoms with Gasteiger partial charge >= 0.3 is 5.97 Å². The molecule has 4 rings (SSSR count). The number of thioether (sulfide) groups is 1. The molecule has 0 fully saturated rings. The van der Waals surface area contributed by atoms with Crippen molar-refractivity contribution in [2.75, 3.05) is 0 Å². The highest BCUT2D eigenvalue weighted by Gasteiger charge is 2.17. The van der Waals surface area contributed by atoms with Gasteiger partial charge in [0.15, 0.2) is 5.75 Å². The van der Waals surface area contributed by atoms with Gasteiger partial charge in [0.2, 0.25) is 0 Å². The Labute approximate surface area is 199 Å². The fourth-order valence-electron chi connectivity index (χ4n) is 2.97. The molecule has 156 valence electrons. The number of halogens is 3. The number of ether oxygens (including phenoxy) is 1. The number of esters is 1. The van der Waals surface area contributed by atoms with Crippen molar-refractivity contribution < 1.29 is 9.53 Å². The van der Waals surface area contributed by atoms with Crippen molar-refractivity contribution in [1.29, 1.82) is 0 Å². The number of carbonyl (C=O) groups excluding carboxylic acids is 1. The summed E-state index contributed by atoms with van der Waals surface area (Å²) in [6.45, 7) is 1.85. The van der Waals surface area contributed by atoms with Crippen LogP contribution in [0.25, 0.3) is 10.9 Å². The molecule has 0 spiro atoms. The maximum Gasteiger partial charge on any atom is 0.343 e. The van der Waals surface area contributed by atoms with Crippen molar-refractivity contribution in [3.63, 3.8) is 0 Å². The molecule has 0 saturated heterocycles. The van der Waals surface area contributed by atoms with E-state index in [0.29, 0.717) is 26.5 Å². The second kappa shape index (κ2) is 9.49. The first-order valence-electron chi connectivity index (χ1n) is 9.35. The van der Waals surface area contributed by atoms with E-state index in [2.05, 4.69) is 4.98 Å². The average Bonchev–Trinajstić information content (AvgIpc) is 2.76. The molecule has 3 aromatic carbocycles. The summed E-state index contributed by atoms with van der Waals surface area (Å²) in [6.07, 6.45) is 0. The van der Waals surface area contributed by atoms with Gasteiger partial charge in [-0.3, -0.25) is 0 Å². The van der Waals surface area contributed by atoms with E-state index >= 15 is 0 Å². The van der Waals surface area contributed by atoms with Gasteiger partial charge in [-0.2, -0.15) is 0 Å². The molecule has 0 amide bonds.